The average Bonchev–Trinajstić information content (AvgIpc) is 2.38. The highest BCUT2D eigenvalue weighted by Crippen LogP contribution is 2.28. The first-order valence-corrected chi connectivity index (χ1v) is 8.29. The van der Waals surface area contributed by atoms with E-state index in [9.17, 15) is 8.42 Å². The van der Waals surface area contributed by atoms with E-state index in [-0.39, 0.29) is 10.6 Å². The third kappa shape index (κ3) is 3.26. The Morgan fingerprint density at radius 3 is 2.35 bits per heavy atom. The van der Waals surface area contributed by atoms with Gasteiger partial charge in [-0.25, -0.2) is 8.42 Å². The Balaban J connectivity index is 2.38. The quantitative estimate of drug-likeness (QED) is 0.802. The van der Waals surface area contributed by atoms with Gasteiger partial charge in [0.1, 0.15) is 0 Å². The number of hydrogen-bond acceptors (Lipinski definition) is 3. The van der Waals surface area contributed by atoms with Gasteiger partial charge in [0.05, 0.1) is 15.6 Å². The van der Waals surface area contributed by atoms with E-state index in [1.807, 2.05) is 0 Å². The molecule has 0 spiro atoms. The molecule has 0 heterocycles. The van der Waals surface area contributed by atoms with Gasteiger partial charge in [-0.1, -0.05) is 27.5 Å². The van der Waals surface area contributed by atoms with Crippen LogP contribution in [0.2, 0.25) is 5.02 Å². The van der Waals surface area contributed by atoms with E-state index in [4.69, 9.17) is 17.3 Å². The van der Waals surface area contributed by atoms with Gasteiger partial charge < -0.3 is 5.73 Å². The second kappa shape index (κ2) is 5.63. The van der Waals surface area contributed by atoms with Gasteiger partial charge in [-0.15, -0.1) is 0 Å². The standard InChI is InChI=1S/C13H12BrClN2O2S/c1-8-6-11(7-12(16)13(8)15)20(18,19)17-10-4-2-9(14)3-5-10/h2-7,17H,16H2,1H3. The zero-order chi connectivity index (χ0) is 14.9. The highest BCUT2D eigenvalue weighted by Gasteiger charge is 2.17. The van der Waals surface area contributed by atoms with Gasteiger partial charge in [0, 0.05) is 10.2 Å². The van der Waals surface area contributed by atoms with Crippen molar-refractivity contribution >= 4 is 48.9 Å². The highest BCUT2D eigenvalue weighted by molar-refractivity contribution is 9.10. The number of benzene rings is 2. The van der Waals surface area contributed by atoms with E-state index in [2.05, 4.69) is 20.7 Å². The predicted octanol–water partition coefficient (Wildman–Crippen LogP) is 3.79. The van der Waals surface area contributed by atoms with E-state index in [1.165, 1.54) is 12.1 Å². The fourth-order valence-electron chi connectivity index (χ4n) is 1.65. The molecule has 0 fully saturated rings. The summed E-state index contributed by atoms with van der Waals surface area (Å²) in [6.45, 7) is 1.71. The monoisotopic (exact) mass is 374 g/mol. The summed E-state index contributed by atoms with van der Waals surface area (Å²) in [5.74, 6) is 0. The number of nitrogens with one attached hydrogen (secondary N) is 1. The van der Waals surface area contributed by atoms with E-state index in [0.29, 0.717) is 16.3 Å². The molecule has 2 aromatic rings. The van der Waals surface area contributed by atoms with Crippen molar-refractivity contribution in [3.8, 4) is 0 Å². The van der Waals surface area contributed by atoms with Crippen LogP contribution in [0.1, 0.15) is 5.56 Å². The fraction of sp³-hybridized carbons (Fsp3) is 0.0769. The molecule has 20 heavy (non-hydrogen) atoms. The first-order valence-electron chi connectivity index (χ1n) is 5.63. The SMILES string of the molecule is Cc1cc(S(=O)(=O)Nc2ccc(Br)cc2)cc(N)c1Cl. The molecule has 0 aliphatic carbocycles. The minimum absolute atomic E-state index is 0.0832. The van der Waals surface area contributed by atoms with Crippen molar-refractivity contribution in [2.24, 2.45) is 0 Å². The Hall–Kier alpha value is -1.24. The van der Waals surface area contributed by atoms with Crippen molar-refractivity contribution in [2.75, 3.05) is 10.5 Å². The maximum Gasteiger partial charge on any atom is 0.261 e. The number of rotatable bonds is 3. The Morgan fingerprint density at radius 2 is 1.80 bits per heavy atom. The van der Waals surface area contributed by atoms with E-state index >= 15 is 0 Å². The Morgan fingerprint density at radius 1 is 1.20 bits per heavy atom. The van der Waals surface area contributed by atoms with Gasteiger partial charge >= 0.3 is 0 Å². The Labute approximate surface area is 131 Å². The second-order valence-electron chi connectivity index (χ2n) is 4.26. The fourth-order valence-corrected chi connectivity index (χ4v) is 3.20. The van der Waals surface area contributed by atoms with Gasteiger partial charge in [0.15, 0.2) is 0 Å². The molecule has 0 amide bonds. The molecule has 0 aliphatic heterocycles. The number of anilines is 2. The summed E-state index contributed by atoms with van der Waals surface area (Å²) in [7, 11) is -3.69. The van der Waals surface area contributed by atoms with Crippen LogP contribution in [-0.2, 0) is 10.0 Å². The molecule has 0 atom stereocenters. The number of nitrogens with two attached hydrogens (primary N) is 1. The lowest BCUT2D eigenvalue weighted by atomic mass is 10.2. The predicted molar refractivity (Wildman–Crippen MR) is 85.6 cm³/mol. The number of aryl methyl sites for hydroxylation is 1. The van der Waals surface area contributed by atoms with Crippen molar-refractivity contribution in [1.29, 1.82) is 0 Å². The van der Waals surface area contributed by atoms with Crippen molar-refractivity contribution in [3.05, 3.63) is 51.5 Å². The van der Waals surface area contributed by atoms with E-state index < -0.39 is 10.0 Å². The summed E-state index contributed by atoms with van der Waals surface area (Å²) in [5.41, 5.74) is 7.03. The topological polar surface area (TPSA) is 72.2 Å². The van der Waals surface area contributed by atoms with Crippen molar-refractivity contribution in [1.82, 2.24) is 0 Å². The minimum Gasteiger partial charge on any atom is -0.397 e. The van der Waals surface area contributed by atoms with Crippen LogP contribution in [0, 0.1) is 6.92 Å². The maximum atomic E-state index is 12.3. The molecule has 0 unspecified atom stereocenters. The normalized spacial score (nSPS) is 11.3. The number of halogens is 2. The zero-order valence-electron chi connectivity index (χ0n) is 10.5. The van der Waals surface area contributed by atoms with Crippen LogP contribution in [-0.4, -0.2) is 8.42 Å². The summed E-state index contributed by atoms with van der Waals surface area (Å²) in [6.07, 6.45) is 0. The summed E-state index contributed by atoms with van der Waals surface area (Å²) in [6, 6.07) is 9.65. The molecule has 0 radical (unpaired) electrons. The van der Waals surface area contributed by atoms with Crippen LogP contribution < -0.4 is 10.5 Å². The molecule has 106 valence electrons. The number of sulfonamides is 1. The molecule has 2 aromatic carbocycles. The van der Waals surface area contributed by atoms with E-state index in [1.54, 1.807) is 31.2 Å². The van der Waals surface area contributed by atoms with Crippen molar-refractivity contribution in [2.45, 2.75) is 11.8 Å². The van der Waals surface area contributed by atoms with Crippen LogP contribution in [0.15, 0.2) is 45.8 Å². The summed E-state index contributed by atoms with van der Waals surface area (Å²) < 4.78 is 27.9. The van der Waals surface area contributed by atoms with Crippen molar-refractivity contribution < 1.29 is 8.42 Å². The van der Waals surface area contributed by atoms with Crippen LogP contribution in [0.25, 0.3) is 0 Å². The third-order valence-electron chi connectivity index (χ3n) is 2.66. The minimum atomic E-state index is -3.69. The number of hydrogen-bond donors (Lipinski definition) is 2. The lowest BCUT2D eigenvalue weighted by molar-refractivity contribution is 0.601. The lowest BCUT2D eigenvalue weighted by Gasteiger charge is -2.11. The molecule has 0 aromatic heterocycles. The summed E-state index contributed by atoms with van der Waals surface area (Å²) >= 11 is 9.22. The number of nitrogen functional groups attached to an aromatic ring is 1. The highest BCUT2D eigenvalue weighted by atomic mass is 79.9. The summed E-state index contributed by atoms with van der Waals surface area (Å²) in [4.78, 5) is 0.0832. The average molecular weight is 376 g/mol. The van der Waals surface area contributed by atoms with Crippen LogP contribution >= 0.6 is 27.5 Å². The van der Waals surface area contributed by atoms with Crippen molar-refractivity contribution in [3.63, 3.8) is 0 Å². The molecular weight excluding hydrogens is 364 g/mol. The molecule has 0 saturated carbocycles. The maximum absolute atomic E-state index is 12.3. The molecule has 4 nitrogen and oxygen atoms in total. The van der Waals surface area contributed by atoms with E-state index in [0.717, 1.165) is 4.47 Å². The molecular formula is C13H12BrClN2O2S. The Kier molecular flexibility index (Phi) is 4.27. The largest absolute Gasteiger partial charge is 0.397 e. The first kappa shape index (κ1) is 15.2. The molecule has 0 bridgehead atoms. The summed E-state index contributed by atoms with van der Waals surface area (Å²) in [5, 5.41) is 0.368. The lowest BCUT2D eigenvalue weighted by Crippen LogP contribution is -2.13. The second-order valence-corrected chi connectivity index (χ2v) is 7.23. The molecule has 0 saturated heterocycles. The van der Waals surface area contributed by atoms with Gasteiger partial charge in [-0.3, -0.25) is 4.72 Å². The van der Waals surface area contributed by atoms with Gasteiger partial charge in [0.25, 0.3) is 10.0 Å². The van der Waals surface area contributed by atoms with Gasteiger partial charge in [-0.2, -0.15) is 0 Å². The van der Waals surface area contributed by atoms with Crippen LogP contribution in [0.4, 0.5) is 11.4 Å². The third-order valence-corrected chi connectivity index (χ3v) is 5.07. The Bertz CT molecular complexity index is 722. The molecule has 0 aliphatic rings. The van der Waals surface area contributed by atoms with Gasteiger partial charge in [-0.05, 0) is 48.9 Å². The zero-order valence-corrected chi connectivity index (χ0v) is 13.7. The first-order chi connectivity index (χ1) is 9.29. The molecule has 2 rings (SSSR count). The van der Waals surface area contributed by atoms with Crippen LogP contribution in [0.5, 0.6) is 0 Å². The smallest absolute Gasteiger partial charge is 0.261 e. The molecule has 3 N–H and O–H groups in total. The molecule has 7 heteroatoms. The van der Waals surface area contributed by atoms with Gasteiger partial charge in [0.2, 0.25) is 0 Å². The van der Waals surface area contributed by atoms with Crippen LogP contribution in [0.3, 0.4) is 0 Å².